The van der Waals surface area contributed by atoms with Crippen LogP contribution < -0.4 is 10.6 Å². The van der Waals surface area contributed by atoms with Gasteiger partial charge in [-0.05, 0) is 24.5 Å². The summed E-state index contributed by atoms with van der Waals surface area (Å²) < 4.78 is 0. The van der Waals surface area contributed by atoms with Gasteiger partial charge < -0.3 is 15.7 Å². The fourth-order valence-corrected chi connectivity index (χ4v) is 3.53. The number of benzene rings is 2. The van der Waals surface area contributed by atoms with Gasteiger partial charge in [0.1, 0.15) is 6.04 Å². The Balaban J connectivity index is 1.87. The van der Waals surface area contributed by atoms with Crippen LogP contribution in [0.15, 0.2) is 42.5 Å². The molecule has 1 aliphatic carbocycles. The van der Waals surface area contributed by atoms with Crippen molar-refractivity contribution in [1.29, 1.82) is 0 Å². The second kappa shape index (κ2) is 8.26. The van der Waals surface area contributed by atoms with Crippen LogP contribution in [0.1, 0.15) is 38.3 Å². The maximum Gasteiger partial charge on any atom is 0.326 e. The zero-order valence-corrected chi connectivity index (χ0v) is 15.8. The van der Waals surface area contributed by atoms with Crippen molar-refractivity contribution in [2.75, 3.05) is 17.3 Å². The van der Waals surface area contributed by atoms with E-state index in [-0.39, 0.29) is 40.4 Å². The average Bonchev–Trinajstić information content (AvgIpc) is 2.69. The number of amides is 2. The van der Waals surface area contributed by atoms with E-state index in [0.29, 0.717) is 11.3 Å². The number of nitrogens with one attached hydrogen (secondary N) is 2. The quantitative estimate of drug-likeness (QED) is 0.589. The summed E-state index contributed by atoms with van der Waals surface area (Å²) in [7, 11) is 0. The number of carboxylic acid groups (broad SMARTS) is 1. The summed E-state index contributed by atoms with van der Waals surface area (Å²) in [4.78, 5) is 49.3. The van der Waals surface area contributed by atoms with Crippen molar-refractivity contribution in [2.24, 2.45) is 0 Å². The van der Waals surface area contributed by atoms with Crippen molar-refractivity contribution >= 4 is 41.0 Å². The number of carboxylic acids is 1. The van der Waals surface area contributed by atoms with E-state index in [2.05, 4.69) is 10.6 Å². The summed E-state index contributed by atoms with van der Waals surface area (Å²) in [6, 6.07) is 9.32. The molecule has 0 saturated heterocycles. The Morgan fingerprint density at radius 2 is 1.64 bits per heavy atom. The Morgan fingerprint density at radius 1 is 1.00 bits per heavy atom. The Hall–Kier alpha value is -3.13. The van der Waals surface area contributed by atoms with E-state index in [1.54, 1.807) is 30.3 Å². The molecule has 0 saturated carbocycles. The second-order valence-electron chi connectivity index (χ2n) is 6.20. The topological polar surface area (TPSA) is 113 Å². The lowest BCUT2D eigenvalue weighted by atomic mass is 9.83. The van der Waals surface area contributed by atoms with Crippen molar-refractivity contribution in [3.63, 3.8) is 0 Å². The minimum absolute atomic E-state index is 0.109. The average molecular weight is 398 g/mol. The van der Waals surface area contributed by atoms with Crippen LogP contribution in [0, 0.1) is 0 Å². The number of anilines is 1. The first-order chi connectivity index (χ1) is 13.4. The number of urea groups is 1. The van der Waals surface area contributed by atoms with Gasteiger partial charge >= 0.3 is 12.0 Å². The van der Waals surface area contributed by atoms with E-state index in [1.807, 2.05) is 6.26 Å². The molecule has 0 aliphatic heterocycles. The molecule has 0 fully saturated rings. The van der Waals surface area contributed by atoms with Gasteiger partial charge in [-0.1, -0.05) is 36.4 Å². The van der Waals surface area contributed by atoms with Crippen molar-refractivity contribution in [2.45, 2.75) is 12.5 Å². The summed E-state index contributed by atoms with van der Waals surface area (Å²) >= 11 is 1.47. The monoisotopic (exact) mass is 398 g/mol. The molecule has 1 atom stereocenters. The third-order valence-corrected chi connectivity index (χ3v) is 5.06. The summed E-state index contributed by atoms with van der Waals surface area (Å²) in [5.74, 6) is -1.22. The minimum atomic E-state index is -1.14. The predicted octanol–water partition coefficient (Wildman–Crippen LogP) is 2.79. The molecular weight excluding hydrogens is 380 g/mol. The number of hydrogen-bond donors (Lipinski definition) is 3. The van der Waals surface area contributed by atoms with Crippen LogP contribution in [-0.2, 0) is 4.79 Å². The molecular formula is C20H18N2O5S. The molecule has 0 bridgehead atoms. The molecule has 2 amide bonds. The Kier molecular flexibility index (Phi) is 5.79. The van der Waals surface area contributed by atoms with E-state index < -0.39 is 18.0 Å². The number of ketones is 2. The predicted molar refractivity (Wildman–Crippen MR) is 106 cm³/mol. The van der Waals surface area contributed by atoms with E-state index in [1.165, 1.54) is 23.9 Å². The SMILES string of the molecule is CSCCC(NC(=O)Nc1cccc2c1C(=O)c1ccccc1C2=O)C(=O)O. The van der Waals surface area contributed by atoms with Gasteiger partial charge in [-0.25, -0.2) is 9.59 Å². The molecule has 28 heavy (non-hydrogen) atoms. The van der Waals surface area contributed by atoms with E-state index >= 15 is 0 Å². The second-order valence-corrected chi connectivity index (χ2v) is 7.19. The number of hydrogen-bond acceptors (Lipinski definition) is 5. The van der Waals surface area contributed by atoms with Crippen molar-refractivity contribution in [1.82, 2.24) is 5.32 Å². The number of fused-ring (bicyclic) bond motifs is 2. The van der Waals surface area contributed by atoms with Gasteiger partial charge in [0.2, 0.25) is 0 Å². The van der Waals surface area contributed by atoms with Crippen LogP contribution in [0.4, 0.5) is 10.5 Å². The molecule has 0 heterocycles. The van der Waals surface area contributed by atoms with Gasteiger partial charge in [0, 0.05) is 16.7 Å². The van der Waals surface area contributed by atoms with Crippen LogP contribution in [0.5, 0.6) is 0 Å². The van der Waals surface area contributed by atoms with E-state index in [4.69, 9.17) is 0 Å². The van der Waals surface area contributed by atoms with Crippen LogP contribution in [0.25, 0.3) is 0 Å². The first-order valence-electron chi connectivity index (χ1n) is 8.54. The zero-order valence-electron chi connectivity index (χ0n) is 15.0. The lowest BCUT2D eigenvalue weighted by Crippen LogP contribution is -2.43. The number of carbonyl (C=O) groups excluding carboxylic acids is 3. The summed E-state index contributed by atoms with van der Waals surface area (Å²) in [5.41, 5.74) is 1.08. The molecule has 8 heteroatoms. The smallest absolute Gasteiger partial charge is 0.326 e. The number of thioether (sulfide) groups is 1. The lowest BCUT2D eigenvalue weighted by Gasteiger charge is -2.21. The Labute approximate surface area is 165 Å². The molecule has 0 spiro atoms. The highest BCUT2D eigenvalue weighted by atomic mass is 32.2. The largest absolute Gasteiger partial charge is 0.480 e. The van der Waals surface area contributed by atoms with Gasteiger partial charge in [-0.15, -0.1) is 0 Å². The van der Waals surface area contributed by atoms with E-state index in [0.717, 1.165) is 0 Å². The van der Waals surface area contributed by atoms with Gasteiger partial charge in [0.15, 0.2) is 11.6 Å². The summed E-state index contributed by atoms with van der Waals surface area (Å²) in [5, 5.41) is 14.2. The maximum absolute atomic E-state index is 12.9. The zero-order chi connectivity index (χ0) is 20.3. The normalized spacial score (nSPS) is 13.3. The van der Waals surface area contributed by atoms with Crippen LogP contribution in [0.3, 0.4) is 0 Å². The van der Waals surface area contributed by atoms with Crippen LogP contribution in [-0.4, -0.2) is 46.7 Å². The highest BCUT2D eigenvalue weighted by molar-refractivity contribution is 7.98. The first-order valence-corrected chi connectivity index (χ1v) is 9.94. The van der Waals surface area contributed by atoms with Crippen molar-refractivity contribution in [3.8, 4) is 0 Å². The van der Waals surface area contributed by atoms with Gasteiger partial charge in [-0.2, -0.15) is 11.8 Å². The summed E-state index contributed by atoms with van der Waals surface area (Å²) in [6.07, 6.45) is 2.11. The lowest BCUT2D eigenvalue weighted by molar-refractivity contribution is -0.139. The van der Waals surface area contributed by atoms with Gasteiger partial charge in [0.25, 0.3) is 0 Å². The molecule has 2 aromatic carbocycles. The molecule has 144 valence electrons. The summed E-state index contributed by atoms with van der Waals surface area (Å²) in [6.45, 7) is 0. The fraction of sp³-hybridized carbons (Fsp3) is 0.200. The fourth-order valence-electron chi connectivity index (χ4n) is 3.06. The highest BCUT2D eigenvalue weighted by Crippen LogP contribution is 2.31. The maximum atomic E-state index is 12.9. The minimum Gasteiger partial charge on any atom is -0.480 e. The molecule has 1 unspecified atom stereocenters. The molecule has 0 aromatic heterocycles. The number of rotatable bonds is 6. The molecule has 0 radical (unpaired) electrons. The Morgan fingerprint density at radius 3 is 2.29 bits per heavy atom. The molecule has 1 aliphatic rings. The molecule has 7 nitrogen and oxygen atoms in total. The van der Waals surface area contributed by atoms with Crippen LogP contribution in [0.2, 0.25) is 0 Å². The molecule has 2 aromatic rings. The standard InChI is InChI=1S/C20H18N2O5S/c1-28-10-9-15(19(25)26)22-20(27)21-14-8-4-7-13-16(14)18(24)12-6-3-2-5-11(12)17(13)23/h2-8,15H,9-10H2,1H3,(H,25,26)(H2,21,22,27). The third kappa shape index (κ3) is 3.77. The number of carbonyl (C=O) groups is 4. The van der Waals surface area contributed by atoms with Crippen molar-refractivity contribution in [3.05, 3.63) is 64.7 Å². The van der Waals surface area contributed by atoms with Gasteiger partial charge in [0.05, 0.1) is 11.3 Å². The highest BCUT2D eigenvalue weighted by Gasteiger charge is 2.32. The Bertz CT molecular complexity index is 973. The van der Waals surface area contributed by atoms with Crippen LogP contribution >= 0.6 is 11.8 Å². The van der Waals surface area contributed by atoms with Crippen molar-refractivity contribution < 1.29 is 24.3 Å². The first kappa shape index (κ1) is 19.6. The molecule has 3 rings (SSSR count). The van der Waals surface area contributed by atoms with Gasteiger partial charge in [-0.3, -0.25) is 9.59 Å². The number of aliphatic carboxylic acids is 1. The molecule has 3 N–H and O–H groups in total. The third-order valence-electron chi connectivity index (χ3n) is 4.41. The van der Waals surface area contributed by atoms with E-state index in [9.17, 15) is 24.3 Å².